The van der Waals surface area contributed by atoms with E-state index in [-0.39, 0.29) is 5.56 Å². The number of rotatable bonds is 2. The van der Waals surface area contributed by atoms with Crippen molar-refractivity contribution in [3.05, 3.63) is 56.1 Å². The lowest BCUT2D eigenvalue weighted by Gasteiger charge is -1.99. The van der Waals surface area contributed by atoms with E-state index in [1.807, 2.05) is 30.3 Å². The number of hydrogen-bond donors (Lipinski definition) is 0. The standard InChI is InChI=1S/C11H10ClNOS/c1-8-10(12)15-13(11(8)14)7-9-5-3-2-4-6-9/h2-6H,7H2,1H3. The molecule has 0 bridgehead atoms. The molecule has 0 aliphatic rings. The van der Waals surface area contributed by atoms with Gasteiger partial charge in [0.15, 0.2) is 0 Å². The van der Waals surface area contributed by atoms with E-state index in [0.29, 0.717) is 16.4 Å². The zero-order valence-electron chi connectivity index (χ0n) is 8.24. The summed E-state index contributed by atoms with van der Waals surface area (Å²) in [5, 5.41) is 0. The minimum absolute atomic E-state index is 0.00820. The highest BCUT2D eigenvalue weighted by molar-refractivity contribution is 7.11. The first-order valence-electron chi connectivity index (χ1n) is 4.58. The monoisotopic (exact) mass is 239 g/mol. The topological polar surface area (TPSA) is 22.0 Å². The maximum absolute atomic E-state index is 11.7. The van der Waals surface area contributed by atoms with E-state index in [4.69, 9.17) is 11.6 Å². The van der Waals surface area contributed by atoms with Gasteiger partial charge < -0.3 is 0 Å². The first-order valence-corrected chi connectivity index (χ1v) is 5.74. The van der Waals surface area contributed by atoms with Gasteiger partial charge in [0, 0.05) is 5.56 Å². The van der Waals surface area contributed by atoms with E-state index in [2.05, 4.69) is 0 Å². The van der Waals surface area contributed by atoms with E-state index in [9.17, 15) is 4.79 Å². The minimum Gasteiger partial charge on any atom is -0.268 e. The van der Waals surface area contributed by atoms with Crippen LogP contribution in [0.15, 0.2) is 35.1 Å². The third kappa shape index (κ3) is 2.13. The predicted octanol–water partition coefficient (Wildman–Crippen LogP) is 2.92. The largest absolute Gasteiger partial charge is 0.268 e. The Hall–Kier alpha value is -1.06. The molecule has 0 N–H and O–H groups in total. The summed E-state index contributed by atoms with van der Waals surface area (Å²) in [5.74, 6) is 0. The number of hydrogen-bond acceptors (Lipinski definition) is 2. The van der Waals surface area contributed by atoms with Gasteiger partial charge in [0.05, 0.1) is 6.54 Å². The van der Waals surface area contributed by atoms with E-state index in [1.165, 1.54) is 11.5 Å². The van der Waals surface area contributed by atoms with Gasteiger partial charge in [-0.3, -0.25) is 8.75 Å². The third-order valence-corrected chi connectivity index (χ3v) is 3.67. The van der Waals surface area contributed by atoms with Crippen LogP contribution in [-0.2, 0) is 6.54 Å². The van der Waals surface area contributed by atoms with Crippen LogP contribution in [0, 0.1) is 6.92 Å². The minimum atomic E-state index is 0.00820. The van der Waals surface area contributed by atoms with Crippen molar-refractivity contribution >= 4 is 23.1 Å². The first-order chi connectivity index (χ1) is 7.18. The second kappa shape index (κ2) is 4.21. The van der Waals surface area contributed by atoms with Crippen LogP contribution < -0.4 is 5.56 Å². The Morgan fingerprint density at radius 1 is 1.33 bits per heavy atom. The molecule has 0 fully saturated rings. The van der Waals surface area contributed by atoms with Crippen LogP contribution in [0.4, 0.5) is 0 Å². The van der Waals surface area contributed by atoms with E-state index >= 15 is 0 Å². The molecule has 0 saturated heterocycles. The predicted molar refractivity (Wildman–Crippen MR) is 63.9 cm³/mol. The van der Waals surface area contributed by atoms with Crippen molar-refractivity contribution in [2.45, 2.75) is 13.5 Å². The van der Waals surface area contributed by atoms with Crippen LogP contribution >= 0.6 is 23.1 Å². The Kier molecular flexibility index (Phi) is 2.93. The molecule has 78 valence electrons. The SMILES string of the molecule is Cc1c(Cl)sn(Cc2ccccc2)c1=O. The molecule has 1 heterocycles. The van der Waals surface area contributed by atoms with Crippen molar-refractivity contribution in [2.75, 3.05) is 0 Å². The van der Waals surface area contributed by atoms with Gasteiger partial charge in [-0.05, 0) is 24.0 Å². The van der Waals surface area contributed by atoms with Gasteiger partial charge in [-0.25, -0.2) is 0 Å². The van der Waals surface area contributed by atoms with Crippen LogP contribution in [0.1, 0.15) is 11.1 Å². The normalized spacial score (nSPS) is 10.5. The van der Waals surface area contributed by atoms with Crippen molar-refractivity contribution in [3.8, 4) is 0 Å². The van der Waals surface area contributed by atoms with Gasteiger partial charge >= 0.3 is 0 Å². The summed E-state index contributed by atoms with van der Waals surface area (Å²) in [6.07, 6.45) is 0. The van der Waals surface area contributed by atoms with Gasteiger partial charge in [0.1, 0.15) is 4.34 Å². The molecule has 0 aliphatic heterocycles. The van der Waals surface area contributed by atoms with Gasteiger partial charge in [-0.1, -0.05) is 41.9 Å². The highest BCUT2D eigenvalue weighted by Gasteiger charge is 2.08. The smallest absolute Gasteiger partial charge is 0.265 e. The van der Waals surface area contributed by atoms with Crippen molar-refractivity contribution in [1.82, 2.24) is 3.96 Å². The molecular formula is C11H10ClNOS. The molecule has 2 rings (SSSR count). The van der Waals surface area contributed by atoms with E-state index < -0.39 is 0 Å². The van der Waals surface area contributed by atoms with E-state index in [1.54, 1.807) is 10.9 Å². The van der Waals surface area contributed by atoms with Crippen LogP contribution in [-0.4, -0.2) is 3.96 Å². The van der Waals surface area contributed by atoms with Crippen LogP contribution in [0.3, 0.4) is 0 Å². The van der Waals surface area contributed by atoms with Crippen molar-refractivity contribution in [1.29, 1.82) is 0 Å². The van der Waals surface area contributed by atoms with Crippen LogP contribution in [0.5, 0.6) is 0 Å². The Morgan fingerprint density at radius 3 is 2.53 bits per heavy atom. The van der Waals surface area contributed by atoms with Crippen molar-refractivity contribution in [2.24, 2.45) is 0 Å². The second-order valence-electron chi connectivity index (χ2n) is 3.32. The average molecular weight is 240 g/mol. The lowest BCUT2D eigenvalue weighted by molar-refractivity contribution is 0.844. The summed E-state index contributed by atoms with van der Waals surface area (Å²) in [5.41, 5.74) is 1.75. The number of halogens is 1. The molecule has 1 aromatic heterocycles. The Bertz CT molecular complexity index is 515. The number of benzene rings is 1. The molecule has 0 radical (unpaired) electrons. The molecule has 0 amide bonds. The molecule has 0 atom stereocenters. The third-order valence-electron chi connectivity index (χ3n) is 2.20. The molecule has 15 heavy (non-hydrogen) atoms. The Morgan fingerprint density at radius 2 is 2.00 bits per heavy atom. The first kappa shape index (κ1) is 10.5. The summed E-state index contributed by atoms with van der Waals surface area (Å²) in [7, 11) is 0. The summed E-state index contributed by atoms with van der Waals surface area (Å²) in [4.78, 5) is 11.7. The Labute approximate surface area is 96.9 Å². The molecule has 0 unspecified atom stereocenters. The fourth-order valence-electron chi connectivity index (χ4n) is 1.33. The summed E-state index contributed by atoms with van der Waals surface area (Å²) < 4.78 is 2.25. The quantitative estimate of drug-likeness (QED) is 0.790. The molecule has 0 aliphatic carbocycles. The zero-order chi connectivity index (χ0) is 10.8. The molecule has 4 heteroatoms. The van der Waals surface area contributed by atoms with Crippen LogP contribution in [0.25, 0.3) is 0 Å². The molecular weight excluding hydrogens is 230 g/mol. The maximum Gasteiger partial charge on any atom is 0.265 e. The summed E-state index contributed by atoms with van der Waals surface area (Å²) in [6, 6.07) is 9.87. The van der Waals surface area contributed by atoms with Gasteiger partial charge in [-0.2, -0.15) is 0 Å². The van der Waals surface area contributed by atoms with Crippen LogP contribution in [0.2, 0.25) is 4.34 Å². The summed E-state index contributed by atoms with van der Waals surface area (Å²) in [6.45, 7) is 2.35. The van der Waals surface area contributed by atoms with E-state index in [0.717, 1.165) is 5.56 Å². The van der Waals surface area contributed by atoms with Gasteiger partial charge in [0.25, 0.3) is 5.56 Å². The fraction of sp³-hybridized carbons (Fsp3) is 0.182. The molecule has 0 spiro atoms. The summed E-state index contributed by atoms with van der Waals surface area (Å²) >= 11 is 7.20. The van der Waals surface area contributed by atoms with Crippen molar-refractivity contribution < 1.29 is 0 Å². The zero-order valence-corrected chi connectivity index (χ0v) is 9.81. The Balaban J connectivity index is 2.33. The average Bonchev–Trinajstić information content (AvgIpc) is 2.48. The highest BCUT2D eigenvalue weighted by Crippen LogP contribution is 2.18. The molecule has 1 aromatic carbocycles. The fourth-order valence-corrected chi connectivity index (χ4v) is 2.51. The number of nitrogens with zero attached hydrogens (tertiary/aromatic N) is 1. The van der Waals surface area contributed by atoms with Gasteiger partial charge in [0.2, 0.25) is 0 Å². The molecule has 0 saturated carbocycles. The number of aromatic nitrogens is 1. The molecule has 2 nitrogen and oxygen atoms in total. The van der Waals surface area contributed by atoms with Crippen molar-refractivity contribution in [3.63, 3.8) is 0 Å². The van der Waals surface area contributed by atoms with Gasteiger partial charge in [-0.15, -0.1) is 0 Å². The lowest BCUT2D eigenvalue weighted by Crippen LogP contribution is -2.15. The molecule has 2 aromatic rings. The maximum atomic E-state index is 11.7. The highest BCUT2D eigenvalue weighted by atomic mass is 35.5. The second-order valence-corrected chi connectivity index (χ2v) is 4.95. The lowest BCUT2D eigenvalue weighted by atomic mass is 10.2.